The second-order valence-electron chi connectivity index (χ2n) is 10.6. The zero-order valence-electron chi connectivity index (χ0n) is 24.3. The molecular formula is C32H39NO7S2. The smallest absolute Gasteiger partial charge is 0.302 e. The third kappa shape index (κ3) is 8.47. The molecule has 8 nitrogen and oxygen atoms in total. The van der Waals surface area contributed by atoms with E-state index in [2.05, 4.69) is 18.0 Å². The van der Waals surface area contributed by atoms with Crippen LogP contribution in [-0.2, 0) is 14.3 Å². The molecule has 2 aromatic carbocycles. The highest BCUT2D eigenvalue weighted by Gasteiger charge is 2.36. The molecule has 0 saturated carbocycles. The predicted molar refractivity (Wildman–Crippen MR) is 168 cm³/mol. The Labute approximate surface area is 255 Å². The first-order chi connectivity index (χ1) is 20.3. The van der Waals surface area contributed by atoms with Gasteiger partial charge in [-0.2, -0.15) is 0 Å². The van der Waals surface area contributed by atoms with E-state index in [9.17, 15) is 19.8 Å². The van der Waals surface area contributed by atoms with Gasteiger partial charge in [0.15, 0.2) is 11.5 Å². The number of aromatic hydroxyl groups is 2. The van der Waals surface area contributed by atoms with Crippen molar-refractivity contribution in [3.63, 3.8) is 0 Å². The Morgan fingerprint density at radius 3 is 2.62 bits per heavy atom. The number of phenolic OH excluding ortho intramolecular Hbond substituents is 2. The number of allylic oxidation sites excluding steroid dienone is 1. The largest absolute Gasteiger partial charge is 0.508 e. The molecule has 0 amide bonds. The van der Waals surface area contributed by atoms with Crippen molar-refractivity contribution in [1.29, 1.82) is 0 Å². The normalized spacial score (nSPS) is 23.1. The van der Waals surface area contributed by atoms with E-state index in [1.807, 2.05) is 6.21 Å². The van der Waals surface area contributed by atoms with Crippen molar-refractivity contribution >= 4 is 39.6 Å². The topological polar surface area (TPSA) is 115 Å². The number of hydrogen-bond donors (Lipinski definition) is 2. The lowest BCUT2D eigenvalue weighted by Gasteiger charge is -2.33. The zero-order chi connectivity index (χ0) is 30.1. The maximum absolute atomic E-state index is 13.6. The van der Waals surface area contributed by atoms with E-state index < -0.39 is 6.10 Å². The average Bonchev–Trinajstić information content (AvgIpc) is 3.48. The first kappa shape index (κ1) is 31.8. The maximum Gasteiger partial charge on any atom is 0.302 e. The number of rotatable bonds is 9. The van der Waals surface area contributed by atoms with E-state index in [-0.39, 0.29) is 59.6 Å². The molecule has 0 aliphatic carbocycles. The highest BCUT2D eigenvalue weighted by Crippen LogP contribution is 2.45. The van der Waals surface area contributed by atoms with Gasteiger partial charge >= 0.3 is 5.97 Å². The van der Waals surface area contributed by atoms with Gasteiger partial charge in [-0.25, -0.2) is 0 Å². The van der Waals surface area contributed by atoms with Crippen molar-refractivity contribution in [3.8, 4) is 28.7 Å². The Bertz CT molecular complexity index is 1310. The van der Waals surface area contributed by atoms with E-state index in [0.29, 0.717) is 23.8 Å². The van der Waals surface area contributed by atoms with Crippen LogP contribution in [0.25, 0.3) is 0 Å². The summed E-state index contributed by atoms with van der Waals surface area (Å²) < 4.78 is 17.3. The lowest BCUT2D eigenvalue weighted by molar-refractivity contribution is -0.151. The van der Waals surface area contributed by atoms with E-state index in [0.717, 1.165) is 36.2 Å². The van der Waals surface area contributed by atoms with E-state index in [1.165, 1.54) is 26.2 Å². The highest BCUT2D eigenvalue weighted by molar-refractivity contribution is 8.76. The summed E-state index contributed by atoms with van der Waals surface area (Å²) in [5.41, 5.74) is 1.91. The van der Waals surface area contributed by atoms with Crippen molar-refractivity contribution in [3.05, 3.63) is 53.6 Å². The molecule has 2 aliphatic rings. The van der Waals surface area contributed by atoms with Gasteiger partial charge in [-0.1, -0.05) is 53.5 Å². The first-order valence-electron chi connectivity index (χ1n) is 14.3. The fraction of sp³-hybridized carbons (Fsp3) is 0.469. The van der Waals surface area contributed by atoms with E-state index in [4.69, 9.17) is 14.2 Å². The number of aliphatic imine (C=N–C) groups is 1. The molecule has 2 heterocycles. The summed E-state index contributed by atoms with van der Waals surface area (Å²) in [5, 5.41) is 20.8. The molecule has 4 rings (SSSR count). The Balaban J connectivity index is 1.62. The summed E-state index contributed by atoms with van der Waals surface area (Å²) in [6.45, 7) is 4.20. The number of carbonyl (C=O) groups excluding carboxylic acids is 2. The monoisotopic (exact) mass is 613 g/mol. The van der Waals surface area contributed by atoms with E-state index >= 15 is 0 Å². The van der Waals surface area contributed by atoms with Crippen LogP contribution in [0.5, 0.6) is 28.7 Å². The number of ketones is 1. The molecule has 10 heteroatoms. The van der Waals surface area contributed by atoms with Crippen LogP contribution in [0.1, 0.15) is 57.4 Å². The van der Waals surface area contributed by atoms with E-state index in [1.54, 1.807) is 45.9 Å². The Morgan fingerprint density at radius 1 is 1.12 bits per heavy atom. The van der Waals surface area contributed by atoms with Gasteiger partial charge in [-0.05, 0) is 41.8 Å². The highest BCUT2D eigenvalue weighted by atomic mass is 33.1. The van der Waals surface area contributed by atoms with Gasteiger partial charge in [0.1, 0.15) is 23.4 Å². The number of unbranched alkanes of at least 4 members (excludes halogenated alkanes) is 1. The molecule has 1 saturated heterocycles. The van der Waals surface area contributed by atoms with Crippen molar-refractivity contribution in [1.82, 2.24) is 0 Å². The first-order valence-corrected chi connectivity index (χ1v) is 16.8. The molecule has 4 atom stereocenters. The number of benzene rings is 2. The van der Waals surface area contributed by atoms with Gasteiger partial charge in [0.2, 0.25) is 5.75 Å². The predicted octanol–water partition coefficient (Wildman–Crippen LogP) is 7.09. The van der Waals surface area contributed by atoms with Gasteiger partial charge in [-0.3, -0.25) is 14.6 Å². The van der Waals surface area contributed by atoms with Gasteiger partial charge in [0.05, 0.1) is 13.7 Å². The minimum Gasteiger partial charge on any atom is -0.508 e. The minimum atomic E-state index is -0.521. The number of esters is 1. The van der Waals surface area contributed by atoms with Gasteiger partial charge < -0.3 is 24.4 Å². The van der Waals surface area contributed by atoms with Gasteiger partial charge in [-0.15, -0.1) is 0 Å². The standard InChI is InChI=1S/C32H39NO7S2/c1-4-5-9-27-28(21-10-11-33-17-21)19-42-41-18-23(12-25(36)16-30(27)39-20(2)34)22-13-29(37)32(31(14-22)38-3)40-26-8-6-7-24(35)15-26/h6-8,10,13-15,17,23,27-28,30,35,37H,4-5,9,11-12,16,18-19H2,1-3H3. The van der Waals surface area contributed by atoms with Gasteiger partial charge in [0.25, 0.3) is 0 Å². The van der Waals surface area contributed by atoms with Crippen molar-refractivity contribution in [2.45, 2.75) is 58.0 Å². The van der Waals surface area contributed by atoms with Crippen LogP contribution in [0.3, 0.4) is 0 Å². The Hall–Kier alpha value is -3.11. The molecule has 0 bridgehead atoms. The number of hydrogen-bond acceptors (Lipinski definition) is 10. The quantitative estimate of drug-likeness (QED) is 0.226. The number of methoxy groups -OCH3 is 1. The molecule has 1 fully saturated rings. The maximum atomic E-state index is 13.6. The molecule has 4 unspecified atom stereocenters. The summed E-state index contributed by atoms with van der Waals surface area (Å²) in [6.07, 6.45) is 6.77. The van der Waals surface area contributed by atoms with Crippen LogP contribution in [0.4, 0.5) is 0 Å². The van der Waals surface area contributed by atoms with Crippen LogP contribution >= 0.6 is 21.6 Å². The molecular weight excluding hydrogens is 574 g/mol. The molecule has 226 valence electrons. The van der Waals surface area contributed by atoms with Crippen LogP contribution in [0, 0.1) is 11.8 Å². The number of nitrogens with zero attached hydrogens (tertiary/aromatic N) is 1. The molecule has 2 N–H and O–H groups in total. The second-order valence-corrected chi connectivity index (χ2v) is 13.2. The molecule has 2 aliphatic heterocycles. The fourth-order valence-electron chi connectivity index (χ4n) is 5.53. The molecule has 0 aromatic heterocycles. The summed E-state index contributed by atoms with van der Waals surface area (Å²) >= 11 is 0. The average molecular weight is 614 g/mol. The number of carbonyl (C=O) groups is 2. The summed E-state index contributed by atoms with van der Waals surface area (Å²) in [6, 6.07) is 9.67. The molecule has 2 aromatic rings. The number of phenols is 2. The lowest BCUT2D eigenvalue weighted by atomic mass is 9.78. The zero-order valence-corrected chi connectivity index (χ0v) is 25.9. The minimum absolute atomic E-state index is 0.00612. The third-order valence-electron chi connectivity index (χ3n) is 7.59. The van der Waals surface area contributed by atoms with Crippen LogP contribution in [0.15, 0.2) is 53.0 Å². The van der Waals surface area contributed by atoms with Crippen LogP contribution < -0.4 is 9.47 Å². The van der Waals surface area contributed by atoms with Crippen LogP contribution in [-0.4, -0.2) is 59.4 Å². The fourth-order valence-corrected chi connectivity index (χ4v) is 8.30. The molecule has 42 heavy (non-hydrogen) atoms. The van der Waals surface area contributed by atoms with Crippen molar-refractivity contribution in [2.75, 3.05) is 25.2 Å². The third-order valence-corrected chi connectivity index (χ3v) is 10.1. The van der Waals surface area contributed by atoms with Crippen molar-refractivity contribution in [2.24, 2.45) is 16.8 Å². The molecule has 0 radical (unpaired) electrons. The summed E-state index contributed by atoms with van der Waals surface area (Å²) in [4.78, 5) is 30.3. The number of Topliss-reactive ketones (excluding diaryl/α,β-unsaturated/α-hetero) is 1. The Morgan fingerprint density at radius 2 is 1.93 bits per heavy atom. The lowest BCUT2D eigenvalue weighted by Crippen LogP contribution is -2.36. The Kier molecular flexibility index (Phi) is 11.7. The summed E-state index contributed by atoms with van der Waals surface area (Å²) in [7, 11) is 4.94. The summed E-state index contributed by atoms with van der Waals surface area (Å²) in [5.74, 6) is 1.69. The van der Waals surface area contributed by atoms with Crippen LogP contribution in [0.2, 0.25) is 0 Å². The SMILES string of the molecule is CCCCC1C(OC(C)=O)CC(=O)CC(c2cc(O)c(Oc3cccc(O)c3)c(OC)c2)CSSCC1C1=CCN=C1. The number of ether oxygens (including phenoxy) is 3. The van der Waals surface area contributed by atoms with Gasteiger partial charge in [0, 0.05) is 61.3 Å². The van der Waals surface area contributed by atoms with Crippen molar-refractivity contribution < 1.29 is 34.0 Å². The second kappa shape index (κ2) is 15.4. The molecule has 0 spiro atoms.